The summed E-state index contributed by atoms with van der Waals surface area (Å²) in [4.78, 5) is 73.0. The molecule has 2 aliphatic rings. The minimum Gasteiger partial charge on any atom is -0.469 e. The van der Waals surface area contributed by atoms with Crippen LogP contribution in [-0.2, 0) is 20.7 Å². The van der Waals surface area contributed by atoms with E-state index in [1.54, 1.807) is 6.92 Å². The molecular weight excluding hydrogens is 715 g/mol. The zero-order valence-corrected chi connectivity index (χ0v) is 34.1. The summed E-state index contributed by atoms with van der Waals surface area (Å²) in [6, 6.07) is 5.82. The smallest absolute Gasteiger partial charge is 0.310 e. The number of carbonyl (C=O) groups is 4. The fourth-order valence-electron chi connectivity index (χ4n) is 8.01. The highest BCUT2D eigenvalue weighted by Crippen LogP contribution is 2.43. The number of hydrogen-bond donors (Lipinski definition) is 6. The number of H-pyrrole nitrogens is 2. The standard InChI is InChI=1S/C42H57N7O7/c1-10-27-21(2)30-18-35-38(25(6)51)23(4)32(46-35)16-31-22(3)28(11-12-36(53)43-13-14-49(7)8)40(47-31)29(15-37(54)56-9)41-39(42(55)44-19-26(52)20-50)24(5)33(48-41)17-34(27)45-30/h16-18,21-22,26-28,46,48,50,52H,10-15,19-20H2,1-9H3,(H,43,53)(H,44,55)/t21-,22+,26?,27-,28+/m1/s1. The number of ether oxygens (including phenoxy) is 1. The Balaban J connectivity index is 1.90. The summed E-state index contributed by atoms with van der Waals surface area (Å²) in [5.41, 5.74) is 7.81. The Labute approximate surface area is 327 Å². The molecule has 14 heteroatoms. The van der Waals surface area contributed by atoms with Gasteiger partial charge in [0.1, 0.15) is 0 Å². The van der Waals surface area contributed by atoms with Gasteiger partial charge in [-0.05, 0) is 77.0 Å². The zero-order chi connectivity index (χ0) is 41.0. The van der Waals surface area contributed by atoms with Gasteiger partial charge in [0, 0.05) is 89.0 Å². The van der Waals surface area contributed by atoms with Crippen molar-refractivity contribution in [1.82, 2.24) is 35.5 Å². The number of methoxy groups -OCH3 is 1. The summed E-state index contributed by atoms with van der Waals surface area (Å²) in [5.74, 6) is -1.79. The summed E-state index contributed by atoms with van der Waals surface area (Å²) in [7, 11) is 5.17. The van der Waals surface area contributed by atoms with E-state index >= 15 is 0 Å². The van der Waals surface area contributed by atoms with E-state index in [9.17, 15) is 29.4 Å². The van der Waals surface area contributed by atoms with Crippen LogP contribution < -0.4 is 10.6 Å². The van der Waals surface area contributed by atoms with E-state index in [-0.39, 0.29) is 60.3 Å². The molecule has 3 aromatic rings. The molecule has 1 unspecified atom stereocenters. The van der Waals surface area contributed by atoms with Gasteiger partial charge in [-0.25, -0.2) is 0 Å². The lowest BCUT2D eigenvalue weighted by atomic mass is 9.85. The molecule has 5 atom stereocenters. The Bertz CT molecular complexity index is 2150. The molecule has 5 rings (SSSR count). The van der Waals surface area contributed by atoms with Gasteiger partial charge in [-0.15, -0.1) is 0 Å². The van der Waals surface area contributed by atoms with Crippen LogP contribution >= 0.6 is 0 Å². The second kappa shape index (κ2) is 17.9. The maximum atomic E-state index is 14.1. The fourth-order valence-corrected chi connectivity index (χ4v) is 8.01. The van der Waals surface area contributed by atoms with Crippen LogP contribution in [0.25, 0.3) is 22.1 Å². The number of aromatic amines is 2. The van der Waals surface area contributed by atoms with Crippen molar-refractivity contribution < 1.29 is 34.1 Å². The number of carbonyl (C=O) groups excluding carboxylic acids is 4. The largest absolute Gasteiger partial charge is 0.469 e. The number of likely N-dealkylation sites (N-methyl/N-ethyl adjacent to an activating group) is 1. The molecule has 2 amide bonds. The van der Waals surface area contributed by atoms with Crippen molar-refractivity contribution in [1.29, 1.82) is 0 Å². The van der Waals surface area contributed by atoms with Gasteiger partial charge in [-0.3, -0.25) is 29.1 Å². The number of nitrogens with zero attached hydrogens (tertiary/aromatic N) is 3. The van der Waals surface area contributed by atoms with Crippen molar-refractivity contribution in [3.05, 3.63) is 68.8 Å². The first-order chi connectivity index (χ1) is 26.6. The van der Waals surface area contributed by atoms with Crippen LogP contribution in [-0.4, -0.2) is 112 Å². The molecule has 0 radical (unpaired) electrons. The zero-order valence-electron chi connectivity index (χ0n) is 34.1. The van der Waals surface area contributed by atoms with Crippen molar-refractivity contribution in [3.8, 4) is 0 Å². The van der Waals surface area contributed by atoms with Crippen LogP contribution in [0.5, 0.6) is 0 Å². The van der Waals surface area contributed by atoms with Crippen LogP contribution in [0.3, 0.4) is 0 Å². The number of amides is 2. The van der Waals surface area contributed by atoms with Gasteiger partial charge in [0.05, 0.1) is 48.5 Å². The van der Waals surface area contributed by atoms with E-state index in [1.165, 1.54) is 7.11 Å². The van der Waals surface area contributed by atoms with E-state index in [0.717, 1.165) is 23.4 Å². The molecule has 8 bridgehead atoms. The predicted octanol–water partition coefficient (Wildman–Crippen LogP) is 4.58. The van der Waals surface area contributed by atoms with E-state index in [2.05, 4.69) is 34.4 Å². The molecule has 302 valence electrons. The molecule has 6 N–H and O–H groups in total. The van der Waals surface area contributed by atoms with Crippen LogP contribution in [0, 0.1) is 13.8 Å². The average molecular weight is 772 g/mol. The Morgan fingerprint density at radius 3 is 2.18 bits per heavy atom. The summed E-state index contributed by atoms with van der Waals surface area (Å²) < 4.78 is 5.20. The van der Waals surface area contributed by atoms with Crippen molar-refractivity contribution in [2.24, 2.45) is 0 Å². The molecule has 5 heterocycles. The SMILES string of the molecule is CC[C@H]1c2cc3[nH]c(c(CC(=O)OC)c4nc(cc5[nH]c(cc(n2)[C@@H]1C)c(C(C)=O)c5C)[C@@H](C)[C@@H]4CCC(=O)NCCN(C)C)c(C(=O)NCC(O)CO)c3C. The highest BCUT2D eigenvalue weighted by molar-refractivity contribution is 6.06. The molecular formula is C42H57N7O7. The fraction of sp³-hybridized carbons (Fsp3) is 0.524. The van der Waals surface area contributed by atoms with Gasteiger partial charge in [0.25, 0.3) is 5.91 Å². The third-order valence-electron chi connectivity index (χ3n) is 11.3. The monoisotopic (exact) mass is 771 g/mol. The number of Topliss-reactive ketones (excluding diaryl/α,β-unsaturated/α-hetero) is 1. The van der Waals surface area contributed by atoms with Crippen LogP contribution in [0.4, 0.5) is 0 Å². The van der Waals surface area contributed by atoms with Gasteiger partial charge in [-0.1, -0.05) is 20.8 Å². The van der Waals surface area contributed by atoms with Crippen LogP contribution in [0.15, 0.2) is 18.2 Å². The normalized spacial score (nSPS) is 18.5. The highest BCUT2D eigenvalue weighted by atomic mass is 16.5. The molecule has 14 nitrogen and oxygen atoms in total. The number of aliphatic hydroxyl groups is 2. The Hall–Kier alpha value is -4.92. The minimum atomic E-state index is -1.17. The molecule has 0 saturated heterocycles. The maximum Gasteiger partial charge on any atom is 0.310 e. The van der Waals surface area contributed by atoms with Crippen molar-refractivity contribution in [2.75, 3.05) is 47.4 Å². The van der Waals surface area contributed by atoms with E-state index in [0.29, 0.717) is 69.7 Å². The van der Waals surface area contributed by atoms with Crippen molar-refractivity contribution in [2.45, 2.75) is 97.0 Å². The Morgan fingerprint density at radius 2 is 1.54 bits per heavy atom. The van der Waals surface area contributed by atoms with E-state index < -0.39 is 24.6 Å². The number of hydrogen-bond acceptors (Lipinski definition) is 10. The molecule has 0 spiro atoms. The molecule has 0 aliphatic carbocycles. The number of fused-ring (bicyclic) bond motifs is 8. The first kappa shape index (κ1) is 42.2. The molecule has 0 saturated carbocycles. The number of aliphatic hydroxyl groups excluding tert-OH is 2. The van der Waals surface area contributed by atoms with Gasteiger partial charge < -0.3 is 40.5 Å². The molecule has 2 aliphatic heterocycles. The van der Waals surface area contributed by atoms with Crippen molar-refractivity contribution >= 4 is 45.6 Å². The highest BCUT2D eigenvalue weighted by Gasteiger charge is 2.34. The number of aryl methyl sites for hydroxylation is 2. The maximum absolute atomic E-state index is 14.1. The topological polar surface area (TPSA) is 203 Å². The number of ketones is 1. The third kappa shape index (κ3) is 8.87. The summed E-state index contributed by atoms with van der Waals surface area (Å²) in [6.07, 6.45) is -0.0357. The lowest BCUT2D eigenvalue weighted by Crippen LogP contribution is -2.34. The van der Waals surface area contributed by atoms with Crippen LogP contribution in [0.1, 0.15) is 131 Å². The Kier molecular flexibility index (Phi) is 13.5. The number of rotatable bonds is 14. The van der Waals surface area contributed by atoms with Gasteiger partial charge in [-0.2, -0.15) is 0 Å². The molecule has 0 fully saturated rings. The van der Waals surface area contributed by atoms with Gasteiger partial charge in [0.15, 0.2) is 5.78 Å². The first-order valence-corrected chi connectivity index (χ1v) is 19.4. The lowest BCUT2D eigenvalue weighted by Gasteiger charge is -2.18. The number of nitrogens with one attached hydrogen (secondary N) is 4. The summed E-state index contributed by atoms with van der Waals surface area (Å²) in [6.45, 7) is 12.0. The Morgan fingerprint density at radius 1 is 0.911 bits per heavy atom. The number of esters is 1. The molecule has 56 heavy (non-hydrogen) atoms. The summed E-state index contributed by atoms with van der Waals surface area (Å²) in [5, 5.41) is 25.4. The number of aromatic nitrogens is 4. The van der Waals surface area contributed by atoms with Gasteiger partial charge in [0.2, 0.25) is 5.91 Å². The second-order valence-corrected chi connectivity index (χ2v) is 15.4. The van der Waals surface area contributed by atoms with E-state index in [4.69, 9.17) is 14.7 Å². The average Bonchev–Trinajstić information content (AvgIpc) is 3.84. The minimum absolute atomic E-state index is 0.0218. The van der Waals surface area contributed by atoms with Crippen LogP contribution in [0.2, 0.25) is 0 Å². The van der Waals surface area contributed by atoms with Gasteiger partial charge >= 0.3 is 5.97 Å². The summed E-state index contributed by atoms with van der Waals surface area (Å²) >= 11 is 0. The molecule has 3 aromatic heterocycles. The first-order valence-electron chi connectivity index (χ1n) is 19.4. The second-order valence-electron chi connectivity index (χ2n) is 15.4. The predicted molar refractivity (Wildman–Crippen MR) is 215 cm³/mol. The third-order valence-corrected chi connectivity index (χ3v) is 11.3. The quantitative estimate of drug-likeness (QED) is 0.0996. The van der Waals surface area contributed by atoms with E-state index in [1.807, 2.05) is 58.0 Å². The lowest BCUT2D eigenvalue weighted by molar-refractivity contribution is -0.139. The molecule has 0 aromatic carbocycles. The van der Waals surface area contributed by atoms with Crippen molar-refractivity contribution in [3.63, 3.8) is 0 Å².